The minimum absolute atomic E-state index is 0.121. The van der Waals surface area contributed by atoms with Gasteiger partial charge < -0.3 is 20.3 Å². The lowest BCUT2D eigenvalue weighted by Gasteiger charge is -2.14. The fourth-order valence-corrected chi connectivity index (χ4v) is 1.38. The first-order chi connectivity index (χ1) is 6.65. The summed E-state index contributed by atoms with van der Waals surface area (Å²) >= 11 is 0. The summed E-state index contributed by atoms with van der Waals surface area (Å²) in [6.07, 6.45) is 0. The van der Waals surface area contributed by atoms with Gasteiger partial charge in [0.15, 0.2) is 0 Å². The predicted octanol–water partition coefficient (Wildman–Crippen LogP) is 1.09. The molecule has 0 aliphatic carbocycles. The Hall–Kier alpha value is -1.42. The summed E-state index contributed by atoms with van der Waals surface area (Å²) in [4.78, 5) is 0. The number of anilines is 1. The van der Waals surface area contributed by atoms with Crippen molar-refractivity contribution in [3.05, 3.63) is 17.2 Å². The number of benzene rings is 1. The molecule has 0 aliphatic rings. The van der Waals surface area contributed by atoms with Crippen LogP contribution in [0.25, 0.3) is 0 Å². The van der Waals surface area contributed by atoms with Crippen LogP contribution in [0.3, 0.4) is 0 Å². The summed E-state index contributed by atoms with van der Waals surface area (Å²) in [6.45, 7) is 1.72. The van der Waals surface area contributed by atoms with Gasteiger partial charge in [0.2, 0.25) is 0 Å². The lowest BCUT2D eigenvalue weighted by atomic mass is 10.1. The van der Waals surface area contributed by atoms with E-state index in [0.29, 0.717) is 22.7 Å². The van der Waals surface area contributed by atoms with Crippen LogP contribution in [-0.4, -0.2) is 19.3 Å². The van der Waals surface area contributed by atoms with Gasteiger partial charge in [-0.2, -0.15) is 0 Å². The van der Waals surface area contributed by atoms with E-state index in [9.17, 15) is 0 Å². The number of rotatable bonds is 3. The molecular formula is C10H15NO3. The first-order valence-electron chi connectivity index (χ1n) is 4.26. The zero-order valence-electron chi connectivity index (χ0n) is 8.63. The lowest BCUT2D eigenvalue weighted by molar-refractivity contribution is 0.273. The summed E-state index contributed by atoms with van der Waals surface area (Å²) in [7, 11) is 3.09. The summed E-state index contributed by atoms with van der Waals surface area (Å²) in [5.74, 6) is 1.18. The highest BCUT2D eigenvalue weighted by Crippen LogP contribution is 2.35. The normalized spacial score (nSPS) is 10.0. The Bertz CT molecular complexity index is 337. The maximum atomic E-state index is 9.09. The van der Waals surface area contributed by atoms with Crippen molar-refractivity contribution in [3.63, 3.8) is 0 Å². The van der Waals surface area contributed by atoms with Crippen LogP contribution in [0.1, 0.15) is 11.1 Å². The lowest BCUT2D eigenvalue weighted by Crippen LogP contribution is -2.02. The maximum Gasteiger partial charge on any atom is 0.147 e. The Kier molecular flexibility index (Phi) is 3.19. The van der Waals surface area contributed by atoms with Gasteiger partial charge in [-0.3, -0.25) is 0 Å². The molecule has 4 heteroatoms. The highest BCUT2D eigenvalue weighted by Gasteiger charge is 2.13. The second-order valence-electron chi connectivity index (χ2n) is 2.97. The fraction of sp³-hybridized carbons (Fsp3) is 0.400. The largest absolute Gasteiger partial charge is 0.496 e. The third-order valence-corrected chi connectivity index (χ3v) is 2.21. The highest BCUT2D eigenvalue weighted by molar-refractivity contribution is 5.66. The number of methoxy groups -OCH3 is 2. The molecule has 0 aromatic heterocycles. The molecule has 0 spiro atoms. The second-order valence-corrected chi connectivity index (χ2v) is 2.97. The van der Waals surface area contributed by atoms with Gasteiger partial charge in [0.05, 0.1) is 26.5 Å². The van der Waals surface area contributed by atoms with Gasteiger partial charge in [-0.1, -0.05) is 0 Å². The molecule has 0 heterocycles. The van der Waals surface area contributed by atoms with Gasteiger partial charge in [0.25, 0.3) is 0 Å². The summed E-state index contributed by atoms with van der Waals surface area (Å²) < 4.78 is 10.2. The molecule has 78 valence electrons. The van der Waals surface area contributed by atoms with Gasteiger partial charge in [0.1, 0.15) is 11.5 Å². The third-order valence-electron chi connectivity index (χ3n) is 2.21. The van der Waals surface area contributed by atoms with Gasteiger partial charge in [-0.25, -0.2) is 0 Å². The zero-order chi connectivity index (χ0) is 10.7. The minimum atomic E-state index is -0.121. The Labute approximate surface area is 83.3 Å². The van der Waals surface area contributed by atoms with E-state index in [-0.39, 0.29) is 6.61 Å². The zero-order valence-corrected chi connectivity index (χ0v) is 8.63. The Morgan fingerprint density at radius 2 is 2.00 bits per heavy atom. The average molecular weight is 197 g/mol. The van der Waals surface area contributed by atoms with E-state index in [1.165, 1.54) is 7.11 Å². The van der Waals surface area contributed by atoms with Crippen molar-refractivity contribution in [2.45, 2.75) is 13.5 Å². The molecule has 0 bridgehead atoms. The van der Waals surface area contributed by atoms with Crippen molar-refractivity contribution in [1.82, 2.24) is 0 Å². The predicted molar refractivity (Wildman–Crippen MR) is 54.6 cm³/mol. The molecule has 0 saturated heterocycles. The molecule has 14 heavy (non-hydrogen) atoms. The molecule has 4 nitrogen and oxygen atoms in total. The van der Waals surface area contributed by atoms with E-state index in [0.717, 1.165) is 5.56 Å². The molecule has 0 saturated carbocycles. The van der Waals surface area contributed by atoms with Crippen LogP contribution in [0, 0.1) is 6.92 Å². The Morgan fingerprint density at radius 1 is 1.36 bits per heavy atom. The smallest absolute Gasteiger partial charge is 0.147 e. The molecule has 1 rings (SSSR count). The molecule has 0 radical (unpaired) electrons. The van der Waals surface area contributed by atoms with Crippen LogP contribution in [0.2, 0.25) is 0 Å². The molecule has 1 aromatic rings. The molecule has 0 atom stereocenters. The van der Waals surface area contributed by atoms with Crippen LogP contribution in [0.5, 0.6) is 11.5 Å². The van der Waals surface area contributed by atoms with Crippen LogP contribution in [0.15, 0.2) is 6.07 Å². The topological polar surface area (TPSA) is 64.7 Å². The monoisotopic (exact) mass is 197 g/mol. The Morgan fingerprint density at radius 3 is 2.43 bits per heavy atom. The molecule has 0 aliphatic heterocycles. The van der Waals surface area contributed by atoms with Crippen molar-refractivity contribution in [2.24, 2.45) is 0 Å². The van der Waals surface area contributed by atoms with E-state index in [4.69, 9.17) is 20.3 Å². The van der Waals surface area contributed by atoms with E-state index >= 15 is 0 Å². The summed E-state index contributed by atoms with van der Waals surface area (Å²) in [6, 6.07) is 1.73. The van der Waals surface area contributed by atoms with Gasteiger partial charge in [0, 0.05) is 11.1 Å². The average Bonchev–Trinajstić information content (AvgIpc) is 2.21. The fourth-order valence-electron chi connectivity index (χ4n) is 1.38. The van der Waals surface area contributed by atoms with Crippen molar-refractivity contribution >= 4 is 5.69 Å². The highest BCUT2D eigenvalue weighted by atomic mass is 16.5. The van der Waals surface area contributed by atoms with Crippen molar-refractivity contribution in [2.75, 3.05) is 20.0 Å². The summed E-state index contributed by atoms with van der Waals surface area (Å²) in [5.41, 5.74) is 7.79. The maximum absolute atomic E-state index is 9.09. The third kappa shape index (κ3) is 1.61. The molecule has 0 amide bonds. The number of hydrogen-bond donors (Lipinski definition) is 2. The number of ether oxygens (including phenoxy) is 2. The minimum Gasteiger partial charge on any atom is -0.496 e. The number of nitrogens with two attached hydrogens (primary N) is 1. The second kappa shape index (κ2) is 4.19. The van der Waals surface area contributed by atoms with E-state index in [2.05, 4.69) is 0 Å². The van der Waals surface area contributed by atoms with Gasteiger partial charge >= 0.3 is 0 Å². The first-order valence-corrected chi connectivity index (χ1v) is 4.26. The van der Waals surface area contributed by atoms with Crippen LogP contribution >= 0.6 is 0 Å². The van der Waals surface area contributed by atoms with Crippen molar-refractivity contribution in [3.8, 4) is 11.5 Å². The molecule has 0 unspecified atom stereocenters. The SMILES string of the molecule is COc1cc(CO)c(OC)c(N)c1C. The van der Waals surface area contributed by atoms with Crippen molar-refractivity contribution < 1.29 is 14.6 Å². The van der Waals surface area contributed by atoms with E-state index < -0.39 is 0 Å². The van der Waals surface area contributed by atoms with Crippen LogP contribution in [-0.2, 0) is 6.61 Å². The quantitative estimate of drug-likeness (QED) is 0.712. The van der Waals surface area contributed by atoms with Crippen LogP contribution < -0.4 is 15.2 Å². The molecule has 3 N–H and O–H groups in total. The van der Waals surface area contributed by atoms with Crippen LogP contribution in [0.4, 0.5) is 5.69 Å². The van der Waals surface area contributed by atoms with Gasteiger partial charge in [-0.15, -0.1) is 0 Å². The first kappa shape index (κ1) is 10.7. The number of nitrogen functional groups attached to an aromatic ring is 1. The summed E-state index contributed by atoms with van der Waals surface area (Å²) in [5, 5.41) is 9.09. The number of aliphatic hydroxyl groups excluding tert-OH is 1. The standard InChI is InChI=1S/C10H15NO3/c1-6-8(13-2)4-7(5-12)10(14-3)9(6)11/h4,12H,5,11H2,1-3H3. The molecular weight excluding hydrogens is 182 g/mol. The molecule has 1 aromatic carbocycles. The van der Waals surface area contributed by atoms with E-state index in [1.807, 2.05) is 6.92 Å². The Balaban J connectivity index is 3.38. The molecule has 0 fully saturated rings. The van der Waals surface area contributed by atoms with E-state index in [1.54, 1.807) is 13.2 Å². The number of aliphatic hydroxyl groups is 1. The van der Waals surface area contributed by atoms with Gasteiger partial charge in [-0.05, 0) is 13.0 Å². The number of hydrogen-bond acceptors (Lipinski definition) is 4. The van der Waals surface area contributed by atoms with Crippen molar-refractivity contribution in [1.29, 1.82) is 0 Å².